The minimum atomic E-state index is 0.885. The fraction of sp³-hybridized carbons (Fsp3) is 0. The first-order chi connectivity index (χ1) is 24.2. The van der Waals surface area contributed by atoms with E-state index in [1.165, 1.54) is 43.1 Å². The number of hydrogen-bond donors (Lipinski definition) is 0. The van der Waals surface area contributed by atoms with Crippen LogP contribution >= 0.6 is 22.6 Å². The number of rotatable bonds is 2. The molecule has 0 bridgehead atoms. The molecule has 0 N–H and O–H groups in total. The van der Waals surface area contributed by atoms with E-state index in [9.17, 15) is 0 Å². The van der Waals surface area contributed by atoms with Crippen molar-refractivity contribution in [2.75, 3.05) is 0 Å². The highest BCUT2D eigenvalue weighted by Gasteiger charge is 2.23. The first kappa shape index (κ1) is 27.3. The van der Waals surface area contributed by atoms with Gasteiger partial charge in [0.2, 0.25) is 0 Å². The first-order valence-corrected chi connectivity index (χ1v) is 17.6. The molecule has 0 spiro atoms. The fourth-order valence-corrected chi connectivity index (χ4v) is 8.96. The monoisotopic (exact) mass is 736 g/mol. The molecule has 0 aliphatic rings. The van der Waals surface area contributed by atoms with Crippen molar-refractivity contribution in [3.05, 3.63) is 155 Å². The zero-order valence-corrected chi connectivity index (χ0v) is 28.3. The maximum atomic E-state index is 6.55. The zero-order valence-electron chi connectivity index (χ0n) is 26.1. The molecule has 3 heterocycles. The Kier molecular flexibility index (Phi) is 5.64. The summed E-state index contributed by atoms with van der Waals surface area (Å²) in [4.78, 5) is 5.42. The molecule has 0 atom stereocenters. The van der Waals surface area contributed by atoms with Gasteiger partial charge in [-0.15, -0.1) is 0 Å². The molecule has 228 valence electrons. The van der Waals surface area contributed by atoms with Crippen molar-refractivity contribution in [1.82, 2.24) is 9.55 Å². The largest absolute Gasteiger partial charge is 0.456 e. The first-order valence-electron chi connectivity index (χ1n) is 16.5. The summed E-state index contributed by atoms with van der Waals surface area (Å²) >= 11 is 2.53. The van der Waals surface area contributed by atoms with Crippen LogP contribution in [0.15, 0.2) is 156 Å². The molecule has 0 fully saturated rings. The standard InChI is InChI=1S/C45H25IN2O/c46-44-41(30-17-20-33-35-23-28-11-1-2-12-29(28)24-40(35)49-39(33)25-30)34-15-7-8-16-36(34)47-45(44)48-37-21-18-26-9-3-5-13-31(26)42(37)43-32-14-6-4-10-27(32)19-22-38(43)48/h1-25H. The van der Waals surface area contributed by atoms with E-state index in [1.54, 1.807) is 0 Å². The number of hydrogen-bond acceptors (Lipinski definition) is 2. The maximum Gasteiger partial charge on any atom is 0.152 e. The Morgan fingerprint density at radius 2 is 1.04 bits per heavy atom. The summed E-state index contributed by atoms with van der Waals surface area (Å²) in [6, 6.07) is 54.5. The van der Waals surface area contributed by atoms with Crippen LogP contribution in [-0.4, -0.2) is 9.55 Å². The molecule has 3 aromatic heterocycles. The fourth-order valence-electron chi connectivity index (χ4n) is 8.00. The van der Waals surface area contributed by atoms with Crippen molar-refractivity contribution in [1.29, 1.82) is 0 Å². The predicted molar refractivity (Wildman–Crippen MR) is 214 cm³/mol. The summed E-state index contributed by atoms with van der Waals surface area (Å²) in [6.45, 7) is 0. The molecule has 0 saturated heterocycles. The van der Waals surface area contributed by atoms with Crippen LogP contribution in [0.3, 0.4) is 0 Å². The third-order valence-corrected chi connectivity index (χ3v) is 11.2. The van der Waals surface area contributed by atoms with E-state index in [4.69, 9.17) is 9.40 Å². The second-order valence-electron chi connectivity index (χ2n) is 12.8. The number of pyridine rings is 1. The smallest absolute Gasteiger partial charge is 0.152 e. The second-order valence-corrected chi connectivity index (χ2v) is 13.9. The van der Waals surface area contributed by atoms with Gasteiger partial charge >= 0.3 is 0 Å². The summed E-state index contributed by atoms with van der Waals surface area (Å²) < 4.78 is 10.0. The van der Waals surface area contributed by atoms with Gasteiger partial charge in [-0.1, -0.05) is 109 Å². The molecule has 0 aliphatic carbocycles. The van der Waals surface area contributed by atoms with E-state index >= 15 is 0 Å². The lowest BCUT2D eigenvalue weighted by molar-refractivity contribution is 0.669. The van der Waals surface area contributed by atoms with Crippen LogP contribution in [0.4, 0.5) is 0 Å². The Bertz CT molecular complexity index is 3090. The Morgan fingerprint density at radius 3 is 1.73 bits per heavy atom. The number of furan rings is 1. The van der Waals surface area contributed by atoms with Crippen molar-refractivity contribution in [2.45, 2.75) is 0 Å². The van der Waals surface area contributed by atoms with Gasteiger partial charge in [-0.2, -0.15) is 0 Å². The zero-order chi connectivity index (χ0) is 32.2. The van der Waals surface area contributed by atoms with Gasteiger partial charge in [-0.05, 0) is 103 Å². The van der Waals surface area contributed by atoms with Crippen LogP contribution in [0.5, 0.6) is 0 Å². The van der Waals surface area contributed by atoms with E-state index in [-0.39, 0.29) is 0 Å². The topological polar surface area (TPSA) is 31.0 Å². The Hall–Kier alpha value is -5.72. The molecule has 0 aliphatic heterocycles. The number of halogens is 1. The molecule has 8 aromatic carbocycles. The number of fused-ring (bicyclic) bond motifs is 12. The van der Waals surface area contributed by atoms with Crippen LogP contribution in [0.25, 0.3) is 104 Å². The molecule has 4 heteroatoms. The van der Waals surface area contributed by atoms with Gasteiger partial charge in [0.25, 0.3) is 0 Å². The lowest BCUT2D eigenvalue weighted by atomic mass is 9.99. The van der Waals surface area contributed by atoms with Crippen molar-refractivity contribution < 1.29 is 4.42 Å². The molecular formula is C45H25IN2O. The van der Waals surface area contributed by atoms with Crippen LogP contribution < -0.4 is 0 Å². The Morgan fingerprint density at radius 1 is 0.469 bits per heavy atom. The van der Waals surface area contributed by atoms with Crippen LogP contribution in [0, 0.1) is 3.57 Å². The molecule has 0 saturated carbocycles. The third-order valence-electron chi connectivity index (χ3n) is 10.2. The lowest BCUT2D eigenvalue weighted by Gasteiger charge is -2.16. The van der Waals surface area contributed by atoms with Crippen molar-refractivity contribution in [3.63, 3.8) is 0 Å². The highest BCUT2D eigenvalue weighted by atomic mass is 127. The minimum absolute atomic E-state index is 0.885. The Balaban J connectivity index is 1.24. The molecule has 0 radical (unpaired) electrons. The van der Waals surface area contributed by atoms with E-state index < -0.39 is 0 Å². The number of aromatic nitrogens is 2. The van der Waals surface area contributed by atoms with E-state index in [0.717, 1.165) is 64.4 Å². The molecule has 49 heavy (non-hydrogen) atoms. The third kappa shape index (κ3) is 3.86. The molecule has 11 rings (SSSR count). The molecule has 0 unspecified atom stereocenters. The quantitative estimate of drug-likeness (QED) is 0.166. The second kappa shape index (κ2) is 10.1. The summed E-state index contributed by atoms with van der Waals surface area (Å²) in [5, 5.41) is 13.3. The average molecular weight is 737 g/mol. The van der Waals surface area contributed by atoms with Crippen LogP contribution in [-0.2, 0) is 0 Å². The van der Waals surface area contributed by atoms with Gasteiger partial charge < -0.3 is 4.42 Å². The van der Waals surface area contributed by atoms with Gasteiger partial charge in [0.05, 0.1) is 20.1 Å². The van der Waals surface area contributed by atoms with Crippen molar-refractivity contribution >= 4 is 110 Å². The lowest BCUT2D eigenvalue weighted by Crippen LogP contribution is -2.03. The highest BCUT2D eigenvalue weighted by Crippen LogP contribution is 2.44. The van der Waals surface area contributed by atoms with Crippen molar-refractivity contribution in [2.24, 2.45) is 0 Å². The van der Waals surface area contributed by atoms with E-state index in [0.29, 0.717) is 0 Å². The highest BCUT2D eigenvalue weighted by molar-refractivity contribution is 14.1. The number of benzene rings is 8. The summed E-state index contributed by atoms with van der Waals surface area (Å²) in [7, 11) is 0. The molecular weight excluding hydrogens is 711 g/mol. The van der Waals surface area contributed by atoms with E-state index in [1.807, 2.05) is 0 Å². The average Bonchev–Trinajstić information content (AvgIpc) is 3.68. The molecule has 11 aromatic rings. The molecule has 3 nitrogen and oxygen atoms in total. The minimum Gasteiger partial charge on any atom is -0.456 e. The summed E-state index contributed by atoms with van der Waals surface area (Å²) in [5.41, 5.74) is 7.32. The van der Waals surface area contributed by atoms with Crippen molar-refractivity contribution in [3.8, 4) is 16.9 Å². The van der Waals surface area contributed by atoms with E-state index in [2.05, 4.69) is 179 Å². The normalized spacial score (nSPS) is 12.2. The van der Waals surface area contributed by atoms with Crippen LogP contribution in [0.1, 0.15) is 0 Å². The van der Waals surface area contributed by atoms with Gasteiger partial charge in [0.15, 0.2) is 5.82 Å². The number of para-hydroxylation sites is 1. The van der Waals surface area contributed by atoms with Gasteiger partial charge in [0, 0.05) is 32.5 Å². The summed E-state index contributed by atoms with van der Waals surface area (Å²) in [5.74, 6) is 0.927. The predicted octanol–water partition coefficient (Wildman–Crippen LogP) is 13.0. The van der Waals surface area contributed by atoms with Gasteiger partial charge in [0.1, 0.15) is 11.2 Å². The van der Waals surface area contributed by atoms with Gasteiger partial charge in [-0.3, -0.25) is 4.57 Å². The SMILES string of the molecule is Ic1c(-n2c3ccc4ccccc4c3c3c4ccccc4ccc32)nc2ccccc2c1-c1ccc2c(c1)oc1cc3ccccc3cc12. The number of nitrogens with zero attached hydrogens (tertiary/aromatic N) is 2. The molecule has 0 amide bonds. The maximum absolute atomic E-state index is 6.55. The summed E-state index contributed by atoms with van der Waals surface area (Å²) in [6.07, 6.45) is 0. The van der Waals surface area contributed by atoms with Gasteiger partial charge in [-0.25, -0.2) is 4.98 Å². The van der Waals surface area contributed by atoms with Crippen LogP contribution in [0.2, 0.25) is 0 Å². The Labute approximate surface area is 294 Å².